The molecule has 0 heterocycles. The van der Waals surface area contributed by atoms with E-state index in [1.54, 1.807) is 55.6 Å². The quantitative estimate of drug-likeness (QED) is 0.712. The predicted octanol–water partition coefficient (Wildman–Crippen LogP) is 4.33. The number of nitriles is 1. The topological polar surface area (TPSA) is 71.3 Å². The van der Waals surface area contributed by atoms with Crippen molar-refractivity contribution >= 4 is 11.6 Å². The molecule has 0 aliphatic carbocycles. The van der Waals surface area contributed by atoms with E-state index in [1.807, 2.05) is 30.3 Å². The first-order chi connectivity index (χ1) is 13.2. The lowest BCUT2D eigenvalue weighted by Crippen LogP contribution is -2.25. The molecule has 134 valence electrons. The molecule has 3 aromatic carbocycles. The van der Waals surface area contributed by atoms with Crippen LogP contribution in [0.4, 0.5) is 5.69 Å². The standard InChI is InChI=1S/C22H18N2O3/c1-26-20-9-5-8-18(14-20)24-22(25)21(17-6-3-2-4-7-17)27-19-12-10-16(15-23)11-13-19/h2-14,21H,1H3,(H,24,25). The van der Waals surface area contributed by atoms with Gasteiger partial charge in [-0.05, 0) is 36.4 Å². The van der Waals surface area contributed by atoms with E-state index in [0.29, 0.717) is 22.7 Å². The second kappa shape index (κ2) is 8.54. The van der Waals surface area contributed by atoms with Crippen LogP contribution >= 0.6 is 0 Å². The molecule has 1 unspecified atom stereocenters. The van der Waals surface area contributed by atoms with E-state index in [0.717, 1.165) is 5.56 Å². The van der Waals surface area contributed by atoms with Crippen LogP contribution in [-0.2, 0) is 4.79 Å². The van der Waals surface area contributed by atoms with Gasteiger partial charge in [0.05, 0.1) is 18.7 Å². The average Bonchev–Trinajstić information content (AvgIpc) is 2.73. The van der Waals surface area contributed by atoms with Crippen LogP contribution in [0.25, 0.3) is 0 Å². The molecule has 0 aromatic heterocycles. The Balaban J connectivity index is 1.84. The number of nitrogens with one attached hydrogen (secondary N) is 1. The maximum atomic E-state index is 12.9. The molecule has 5 nitrogen and oxygen atoms in total. The van der Waals surface area contributed by atoms with Crippen LogP contribution in [-0.4, -0.2) is 13.0 Å². The summed E-state index contributed by atoms with van der Waals surface area (Å²) in [6.45, 7) is 0. The summed E-state index contributed by atoms with van der Waals surface area (Å²) < 4.78 is 11.1. The van der Waals surface area contributed by atoms with Gasteiger partial charge >= 0.3 is 0 Å². The van der Waals surface area contributed by atoms with Crippen LogP contribution in [0.2, 0.25) is 0 Å². The fourth-order valence-corrected chi connectivity index (χ4v) is 2.55. The van der Waals surface area contributed by atoms with Gasteiger partial charge in [0.1, 0.15) is 11.5 Å². The number of hydrogen-bond acceptors (Lipinski definition) is 4. The Hall–Kier alpha value is -3.78. The normalized spacial score (nSPS) is 11.1. The molecule has 0 aliphatic heterocycles. The minimum Gasteiger partial charge on any atom is -0.497 e. The van der Waals surface area contributed by atoms with E-state index >= 15 is 0 Å². The molecular weight excluding hydrogens is 340 g/mol. The summed E-state index contributed by atoms with van der Waals surface area (Å²) in [4.78, 5) is 12.9. The summed E-state index contributed by atoms with van der Waals surface area (Å²) in [5.74, 6) is 0.847. The maximum Gasteiger partial charge on any atom is 0.270 e. The van der Waals surface area contributed by atoms with Gasteiger partial charge in [-0.25, -0.2) is 0 Å². The van der Waals surface area contributed by atoms with Crippen molar-refractivity contribution in [2.75, 3.05) is 12.4 Å². The van der Waals surface area contributed by atoms with E-state index in [2.05, 4.69) is 11.4 Å². The highest BCUT2D eigenvalue weighted by atomic mass is 16.5. The lowest BCUT2D eigenvalue weighted by Gasteiger charge is -2.19. The van der Waals surface area contributed by atoms with Crippen molar-refractivity contribution in [1.29, 1.82) is 5.26 Å². The van der Waals surface area contributed by atoms with Gasteiger partial charge in [-0.3, -0.25) is 4.79 Å². The van der Waals surface area contributed by atoms with Gasteiger partial charge in [-0.15, -0.1) is 0 Å². The number of anilines is 1. The number of carbonyl (C=O) groups excluding carboxylic acids is 1. The molecule has 3 rings (SSSR count). The van der Waals surface area contributed by atoms with E-state index in [1.165, 1.54) is 0 Å². The van der Waals surface area contributed by atoms with Crippen molar-refractivity contribution in [2.45, 2.75) is 6.10 Å². The van der Waals surface area contributed by atoms with Gasteiger partial charge in [0.2, 0.25) is 6.10 Å². The number of methoxy groups -OCH3 is 1. The molecular formula is C22H18N2O3. The van der Waals surface area contributed by atoms with E-state index < -0.39 is 6.10 Å². The molecule has 0 spiro atoms. The number of amides is 1. The van der Waals surface area contributed by atoms with Crippen LogP contribution in [0.1, 0.15) is 17.2 Å². The molecule has 5 heteroatoms. The van der Waals surface area contributed by atoms with Crippen LogP contribution in [0, 0.1) is 11.3 Å². The van der Waals surface area contributed by atoms with Crippen LogP contribution in [0.5, 0.6) is 11.5 Å². The summed E-state index contributed by atoms with van der Waals surface area (Å²) in [6.07, 6.45) is -0.842. The molecule has 27 heavy (non-hydrogen) atoms. The Labute approximate surface area is 157 Å². The summed E-state index contributed by atoms with van der Waals surface area (Å²) >= 11 is 0. The molecule has 1 atom stereocenters. The van der Waals surface area contributed by atoms with Crippen LogP contribution < -0.4 is 14.8 Å². The minimum atomic E-state index is -0.842. The van der Waals surface area contributed by atoms with E-state index in [9.17, 15) is 4.79 Å². The van der Waals surface area contributed by atoms with Crippen molar-refractivity contribution in [3.05, 3.63) is 90.0 Å². The SMILES string of the molecule is COc1cccc(NC(=O)C(Oc2ccc(C#N)cc2)c2ccccc2)c1. The second-order valence-electron chi connectivity index (χ2n) is 5.77. The number of ether oxygens (including phenoxy) is 2. The lowest BCUT2D eigenvalue weighted by atomic mass is 10.1. The van der Waals surface area contributed by atoms with E-state index in [-0.39, 0.29) is 5.91 Å². The maximum absolute atomic E-state index is 12.9. The molecule has 0 aliphatic rings. The zero-order valence-electron chi connectivity index (χ0n) is 14.8. The van der Waals surface area contributed by atoms with Gasteiger partial charge in [-0.1, -0.05) is 36.4 Å². The molecule has 0 fully saturated rings. The fourth-order valence-electron chi connectivity index (χ4n) is 2.55. The largest absolute Gasteiger partial charge is 0.497 e. The second-order valence-corrected chi connectivity index (χ2v) is 5.77. The third-order valence-electron chi connectivity index (χ3n) is 3.92. The number of hydrogen-bond donors (Lipinski definition) is 1. The van der Waals surface area contributed by atoms with Crippen molar-refractivity contribution in [2.24, 2.45) is 0 Å². The molecule has 0 bridgehead atoms. The predicted molar refractivity (Wildman–Crippen MR) is 103 cm³/mol. The molecule has 0 radical (unpaired) electrons. The van der Waals surface area contributed by atoms with Crippen molar-refractivity contribution < 1.29 is 14.3 Å². The summed E-state index contributed by atoms with van der Waals surface area (Å²) in [7, 11) is 1.57. The third kappa shape index (κ3) is 4.65. The summed E-state index contributed by atoms with van der Waals surface area (Å²) in [5, 5.41) is 11.8. The van der Waals surface area contributed by atoms with Crippen LogP contribution in [0.3, 0.4) is 0 Å². The Morgan fingerprint density at radius 2 is 1.70 bits per heavy atom. The first kappa shape index (κ1) is 18.0. The Kier molecular flexibility index (Phi) is 5.70. The molecule has 0 saturated carbocycles. The van der Waals surface area contributed by atoms with Gasteiger partial charge in [0, 0.05) is 17.3 Å². The van der Waals surface area contributed by atoms with Gasteiger partial charge < -0.3 is 14.8 Å². The molecule has 1 amide bonds. The first-order valence-electron chi connectivity index (χ1n) is 8.36. The zero-order chi connectivity index (χ0) is 19.1. The van der Waals surface area contributed by atoms with E-state index in [4.69, 9.17) is 14.7 Å². The minimum absolute atomic E-state index is 0.307. The van der Waals surface area contributed by atoms with Gasteiger partial charge in [0.25, 0.3) is 5.91 Å². The van der Waals surface area contributed by atoms with Crippen molar-refractivity contribution in [3.8, 4) is 17.6 Å². The number of nitrogens with zero attached hydrogens (tertiary/aromatic N) is 1. The highest BCUT2D eigenvalue weighted by Crippen LogP contribution is 2.25. The highest BCUT2D eigenvalue weighted by Gasteiger charge is 2.23. The fraction of sp³-hybridized carbons (Fsp3) is 0.0909. The number of rotatable bonds is 6. The first-order valence-corrected chi connectivity index (χ1v) is 8.36. The Morgan fingerprint density at radius 1 is 0.963 bits per heavy atom. The van der Waals surface area contributed by atoms with Gasteiger partial charge in [-0.2, -0.15) is 5.26 Å². The van der Waals surface area contributed by atoms with Crippen molar-refractivity contribution in [1.82, 2.24) is 0 Å². The Morgan fingerprint density at radius 3 is 2.37 bits per heavy atom. The number of carbonyl (C=O) groups is 1. The number of benzene rings is 3. The Bertz CT molecular complexity index is 947. The van der Waals surface area contributed by atoms with Crippen molar-refractivity contribution in [3.63, 3.8) is 0 Å². The lowest BCUT2D eigenvalue weighted by molar-refractivity contribution is -0.123. The molecule has 3 aromatic rings. The summed E-state index contributed by atoms with van der Waals surface area (Å²) in [6, 6.07) is 25.1. The van der Waals surface area contributed by atoms with Gasteiger partial charge in [0.15, 0.2) is 0 Å². The summed E-state index contributed by atoms with van der Waals surface area (Å²) in [5.41, 5.74) is 1.87. The average molecular weight is 358 g/mol. The monoisotopic (exact) mass is 358 g/mol. The third-order valence-corrected chi connectivity index (χ3v) is 3.92. The zero-order valence-corrected chi connectivity index (χ0v) is 14.8. The molecule has 0 saturated heterocycles. The molecule has 1 N–H and O–H groups in total. The highest BCUT2D eigenvalue weighted by molar-refractivity contribution is 5.95. The van der Waals surface area contributed by atoms with Crippen LogP contribution in [0.15, 0.2) is 78.9 Å². The smallest absolute Gasteiger partial charge is 0.270 e.